The first kappa shape index (κ1) is 19.9. The summed E-state index contributed by atoms with van der Waals surface area (Å²) in [6, 6.07) is 10.7. The van der Waals surface area contributed by atoms with Gasteiger partial charge in [-0.1, -0.05) is 43.5 Å². The van der Waals surface area contributed by atoms with Crippen molar-refractivity contribution in [2.75, 3.05) is 0 Å². The molecule has 2 aliphatic carbocycles. The molecule has 4 heteroatoms. The molecule has 3 nitrogen and oxygen atoms in total. The Hall–Kier alpha value is -1.87. The molecule has 1 aromatic carbocycles. The van der Waals surface area contributed by atoms with Gasteiger partial charge in [-0.2, -0.15) is 0 Å². The van der Waals surface area contributed by atoms with Gasteiger partial charge in [-0.15, -0.1) is 12.4 Å². The van der Waals surface area contributed by atoms with Crippen molar-refractivity contribution in [3.05, 3.63) is 64.0 Å². The van der Waals surface area contributed by atoms with Crippen molar-refractivity contribution in [2.45, 2.75) is 70.1 Å². The second kappa shape index (κ2) is 8.88. The average molecular weight is 385 g/mol. The van der Waals surface area contributed by atoms with Gasteiger partial charge in [0.1, 0.15) is 0 Å². The third kappa shape index (κ3) is 4.70. The van der Waals surface area contributed by atoms with Crippen LogP contribution in [0, 0.1) is 0 Å². The zero-order valence-electron chi connectivity index (χ0n) is 15.9. The van der Waals surface area contributed by atoms with Crippen molar-refractivity contribution in [1.82, 2.24) is 4.98 Å². The molecule has 1 fully saturated rings. The number of hydrogen-bond donors (Lipinski definition) is 1. The van der Waals surface area contributed by atoms with Crippen molar-refractivity contribution in [1.29, 1.82) is 0 Å². The first-order valence-corrected chi connectivity index (χ1v) is 10.1. The molecule has 4 rings (SSSR count). The number of nitrogens with two attached hydrogens (primary N) is 1. The SMILES string of the molecule is Cl.NC(=O)Cc1ccc(Cc2cc(C3CCCCC3)nc3c2CCC3)cc1. The van der Waals surface area contributed by atoms with Crippen LogP contribution >= 0.6 is 12.4 Å². The van der Waals surface area contributed by atoms with E-state index in [9.17, 15) is 4.79 Å². The highest BCUT2D eigenvalue weighted by Gasteiger charge is 2.22. The van der Waals surface area contributed by atoms with E-state index in [1.165, 1.54) is 73.0 Å². The van der Waals surface area contributed by atoms with Gasteiger partial charge in [-0.3, -0.25) is 9.78 Å². The maximum Gasteiger partial charge on any atom is 0.221 e. The number of aryl methyl sites for hydroxylation is 1. The summed E-state index contributed by atoms with van der Waals surface area (Å²) in [6.07, 6.45) is 11.5. The Kier molecular flexibility index (Phi) is 6.54. The summed E-state index contributed by atoms with van der Waals surface area (Å²) in [5, 5.41) is 0. The van der Waals surface area contributed by atoms with Crippen LogP contribution in [0.4, 0.5) is 0 Å². The number of fused-ring (bicyclic) bond motifs is 1. The zero-order chi connectivity index (χ0) is 17.9. The van der Waals surface area contributed by atoms with E-state index >= 15 is 0 Å². The molecule has 0 radical (unpaired) electrons. The molecule has 2 aromatic rings. The number of nitrogens with zero attached hydrogens (tertiary/aromatic N) is 1. The van der Waals surface area contributed by atoms with Gasteiger partial charge in [0.25, 0.3) is 0 Å². The van der Waals surface area contributed by atoms with Crippen LogP contribution in [0.1, 0.15) is 78.1 Å². The Morgan fingerprint density at radius 3 is 2.41 bits per heavy atom. The van der Waals surface area contributed by atoms with Gasteiger partial charge in [0.2, 0.25) is 5.91 Å². The van der Waals surface area contributed by atoms with E-state index in [0.29, 0.717) is 12.3 Å². The van der Waals surface area contributed by atoms with Crippen molar-refractivity contribution in [3.63, 3.8) is 0 Å². The number of hydrogen-bond acceptors (Lipinski definition) is 2. The summed E-state index contributed by atoms with van der Waals surface area (Å²) >= 11 is 0. The van der Waals surface area contributed by atoms with Crippen LogP contribution in [0.5, 0.6) is 0 Å². The monoisotopic (exact) mass is 384 g/mol. The molecule has 1 aromatic heterocycles. The lowest BCUT2D eigenvalue weighted by Gasteiger charge is -2.23. The number of aromatic nitrogens is 1. The molecule has 0 atom stereocenters. The summed E-state index contributed by atoms with van der Waals surface area (Å²) in [7, 11) is 0. The van der Waals surface area contributed by atoms with Gasteiger partial charge in [0.05, 0.1) is 6.42 Å². The van der Waals surface area contributed by atoms with E-state index in [0.717, 1.165) is 18.4 Å². The molecule has 144 valence electrons. The van der Waals surface area contributed by atoms with Gasteiger partial charge in [0, 0.05) is 17.3 Å². The van der Waals surface area contributed by atoms with E-state index in [4.69, 9.17) is 10.7 Å². The van der Waals surface area contributed by atoms with E-state index < -0.39 is 0 Å². The Morgan fingerprint density at radius 2 is 1.70 bits per heavy atom. The highest BCUT2D eigenvalue weighted by atomic mass is 35.5. The van der Waals surface area contributed by atoms with E-state index in [2.05, 4.69) is 18.2 Å². The summed E-state index contributed by atoms with van der Waals surface area (Å²) in [4.78, 5) is 16.2. The number of pyridine rings is 1. The van der Waals surface area contributed by atoms with Crippen LogP contribution in [0.15, 0.2) is 30.3 Å². The molecule has 2 N–H and O–H groups in total. The topological polar surface area (TPSA) is 56.0 Å². The number of rotatable bonds is 5. The van der Waals surface area contributed by atoms with Crippen molar-refractivity contribution >= 4 is 18.3 Å². The number of carbonyl (C=O) groups is 1. The van der Waals surface area contributed by atoms with E-state index in [1.54, 1.807) is 0 Å². The summed E-state index contributed by atoms with van der Waals surface area (Å²) in [6.45, 7) is 0. The Balaban J connectivity index is 0.00000210. The lowest BCUT2D eigenvalue weighted by atomic mass is 9.85. The highest BCUT2D eigenvalue weighted by Crippen LogP contribution is 2.35. The smallest absolute Gasteiger partial charge is 0.221 e. The molecule has 0 saturated heterocycles. The predicted octanol–water partition coefficient (Wildman–Crippen LogP) is 4.66. The predicted molar refractivity (Wildman–Crippen MR) is 111 cm³/mol. The second-order valence-corrected chi connectivity index (χ2v) is 7.96. The Morgan fingerprint density at radius 1 is 1.00 bits per heavy atom. The minimum absolute atomic E-state index is 0. The molecule has 0 unspecified atom stereocenters. The minimum Gasteiger partial charge on any atom is -0.369 e. The average Bonchev–Trinajstić information content (AvgIpc) is 3.12. The zero-order valence-corrected chi connectivity index (χ0v) is 16.7. The fourth-order valence-electron chi connectivity index (χ4n) is 4.61. The van der Waals surface area contributed by atoms with Gasteiger partial charge in [0.15, 0.2) is 0 Å². The van der Waals surface area contributed by atoms with Crippen LogP contribution in [0.25, 0.3) is 0 Å². The van der Waals surface area contributed by atoms with Gasteiger partial charge in [-0.25, -0.2) is 0 Å². The number of halogens is 1. The van der Waals surface area contributed by atoms with Crippen LogP contribution < -0.4 is 5.73 Å². The van der Waals surface area contributed by atoms with Gasteiger partial charge in [-0.05, 0) is 66.8 Å². The molecule has 1 saturated carbocycles. The standard InChI is InChI=1S/C23H28N2O.ClH/c24-23(26)14-17-11-9-16(10-12-17)13-19-15-22(18-5-2-1-3-6-18)25-21-8-4-7-20(19)21;/h9-12,15,18H,1-8,13-14H2,(H2,24,26);1H. The fourth-order valence-corrected chi connectivity index (χ4v) is 4.61. The third-order valence-electron chi connectivity index (χ3n) is 5.98. The maximum absolute atomic E-state index is 11.1. The van der Waals surface area contributed by atoms with Crippen LogP contribution in [-0.2, 0) is 30.5 Å². The highest BCUT2D eigenvalue weighted by molar-refractivity contribution is 5.85. The fraction of sp³-hybridized carbons (Fsp3) is 0.478. The molecule has 0 bridgehead atoms. The summed E-state index contributed by atoms with van der Waals surface area (Å²) < 4.78 is 0. The van der Waals surface area contributed by atoms with Gasteiger partial charge < -0.3 is 5.73 Å². The van der Waals surface area contributed by atoms with Crippen LogP contribution in [0.3, 0.4) is 0 Å². The molecular formula is C23H29ClN2O. The van der Waals surface area contributed by atoms with Crippen LogP contribution in [-0.4, -0.2) is 10.9 Å². The second-order valence-electron chi connectivity index (χ2n) is 7.96. The minimum atomic E-state index is -0.276. The number of benzene rings is 1. The number of carbonyl (C=O) groups excluding carboxylic acids is 1. The normalized spacial score (nSPS) is 16.6. The largest absolute Gasteiger partial charge is 0.369 e. The van der Waals surface area contributed by atoms with Crippen molar-refractivity contribution < 1.29 is 4.79 Å². The lowest BCUT2D eigenvalue weighted by Crippen LogP contribution is -2.13. The number of primary amides is 1. The quantitative estimate of drug-likeness (QED) is 0.815. The first-order chi connectivity index (χ1) is 12.7. The van der Waals surface area contributed by atoms with E-state index in [-0.39, 0.29) is 18.3 Å². The summed E-state index contributed by atoms with van der Waals surface area (Å²) in [5.41, 5.74) is 13.2. The molecule has 0 aliphatic heterocycles. The maximum atomic E-state index is 11.1. The molecule has 2 aliphatic rings. The Bertz CT molecular complexity index is 795. The number of amides is 1. The van der Waals surface area contributed by atoms with E-state index in [1.807, 2.05) is 12.1 Å². The first-order valence-electron chi connectivity index (χ1n) is 10.1. The molecule has 1 amide bonds. The van der Waals surface area contributed by atoms with Crippen molar-refractivity contribution in [2.24, 2.45) is 5.73 Å². The lowest BCUT2D eigenvalue weighted by molar-refractivity contribution is -0.117. The molecule has 1 heterocycles. The Labute approximate surface area is 168 Å². The third-order valence-corrected chi connectivity index (χ3v) is 5.98. The van der Waals surface area contributed by atoms with Crippen molar-refractivity contribution in [3.8, 4) is 0 Å². The van der Waals surface area contributed by atoms with Crippen LogP contribution in [0.2, 0.25) is 0 Å². The molecule has 0 spiro atoms. The van der Waals surface area contributed by atoms with Gasteiger partial charge >= 0.3 is 0 Å². The molecule has 27 heavy (non-hydrogen) atoms. The summed E-state index contributed by atoms with van der Waals surface area (Å²) in [5.74, 6) is 0.383. The molecular weight excluding hydrogens is 356 g/mol.